The van der Waals surface area contributed by atoms with E-state index in [2.05, 4.69) is 6.92 Å². The second kappa shape index (κ2) is 20.2. The molecule has 3 nitrogen and oxygen atoms in total. The molecule has 0 amide bonds. The molecule has 0 heterocycles. The van der Waals surface area contributed by atoms with Crippen LogP contribution in [0.1, 0.15) is 116 Å². The second-order valence-corrected chi connectivity index (χ2v) is 8.51. The van der Waals surface area contributed by atoms with Gasteiger partial charge in [-0.2, -0.15) is 8.42 Å². The monoisotopic (exact) mass is 372 g/mol. The van der Waals surface area contributed by atoms with E-state index in [0.29, 0.717) is 6.42 Å². The molecule has 0 aromatic carbocycles. The molecular formula is C19H41NaO3S. The van der Waals surface area contributed by atoms with Crippen LogP contribution < -0.4 is 0 Å². The molecule has 0 aromatic heterocycles. The molecule has 0 unspecified atom stereocenters. The normalized spacial score (nSPS) is 11.4. The van der Waals surface area contributed by atoms with Gasteiger partial charge in [0.05, 0.1) is 5.75 Å². The predicted octanol–water partition coefficient (Wildman–Crippen LogP) is 5.88. The summed E-state index contributed by atoms with van der Waals surface area (Å²) >= 11 is 0. The van der Waals surface area contributed by atoms with E-state index < -0.39 is 10.1 Å². The van der Waals surface area contributed by atoms with Gasteiger partial charge in [-0.15, -0.1) is 0 Å². The summed E-state index contributed by atoms with van der Waals surface area (Å²) in [6, 6.07) is 0. The van der Waals surface area contributed by atoms with Crippen LogP contribution in [0.3, 0.4) is 0 Å². The molecule has 24 heavy (non-hydrogen) atoms. The minimum atomic E-state index is -3.74. The molecule has 0 radical (unpaired) electrons. The van der Waals surface area contributed by atoms with E-state index in [9.17, 15) is 8.42 Å². The van der Waals surface area contributed by atoms with Crippen LogP contribution in [0.25, 0.3) is 0 Å². The summed E-state index contributed by atoms with van der Waals surface area (Å²) in [5.74, 6) is -0.0778. The molecular weight excluding hydrogens is 331 g/mol. The number of hydrogen-bond acceptors (Lipinski definition) is 2. The Morgan fingerprint density at radius 3 is 1.04 bits per heavy atom. The van der Waals surface area contributed by atoms with Crippen LogP contribution in [-0.2, 0) is 10.1 Å². The minimum absolute atomic E-state index is 0. The molecule has 0 bridgehead atoms. The van der Waals surface area contributed by atoms with E-state index in [0.717, 1.165) is 12.8 Å². The zero-order valence-corrected chi connectivity index (χ0v) is 16.2. The fraction of sp³-hybridized carbons (Fsp3) is 1.00. The Morgan fingerprint density at radius 1 is 0.542 bits per heavy atom. The Bertz CT molecular complexity index is 332. The van der Waals surface area contributed by atoms with Gasteiger partial charge in [-0.05, 0) is 6.42 Å². The maximum absolute atomic E-state index is 10.5. The van der Waals surface area contributed by atoms with Crippen molar-refractivity contribution in [2.45, 2.75) is 116 Å². The van der Waals surface area contributed by atoms with Crippen LogP contribution in [0.15, 0.2) is 0 Å². The van der Waals surface area contributed by atoms with Crippen molar-refractivity contribution in [3.63, 3.8) is 0 Å². The van der Waals surface area contributed by atoms with Crippen LogP contribution >= 0.6 is 0 Å². The van der Waals surface area contributed by atoms with Gasteiger partial charge < -0.3 is 0 Å². The summed E-state index contributed by atoms with van der Waals surface area (Å²) in [5.41, 5.74) is 0. The van der Waals surface area contributed by atoms with Crippen LogP contribution in [0.2, 0.25) is 0 Å². The van der Waals surface area contributed by atoms with Gasteiger partial charge in [0.25, 0.3) is 10.1 Å². The molecule has 142 valence electrons. The third-order valence-corrected chi connectivity index (χ3v) is 5.31. The van der Waals surface area contributed by atoms with Crippen molar-refractivity contribution < 1.29 is 13.0 Å². The molecule has 5 heteroatoms. The van der Waals surface area contributed by atoms with Crippen molar-refractivity contribution >= 4 is 39.7 Å². The van der Waals surface area contributed by atoms with Crippen molar-refractivity contribution in [2.24, 2.45) is 0 Å². The Kier molecular flexibility index (Phi) is 22.9. The zero-order valence-electron chi connectivity index (χ0n) is 15.4. The van der Waals surface area contributed by atoms with Gasteiger partial charge in [0.2, 0.25) is 0 Å². The van der Waals surface area contributed by atoms with Crippen molar-refractivity contribution in [1.29, 1.82) is 0 Å². The predicted molar refractivity (Wildman–Crippen MR) is 108 cm³/mol. The summed E-state index contributed by atoms with van der Waals surface area (Å²) < 4.78 is 29.7. The molecule has 0 aliphatic carbocycles. The molecule has 0 atom stereocenters. The van der Waals surface area contributed by atoms with Gasteiger partial charge in [0, 0.05) is 0 Å². The zero-order chi connectivity index (χ0) is 17.2. The quantitative estimate of drug-likeness (QED) is 0.186. The third-order valence-electron chi connectivity index (χ3n) is 4.51. The first kappa shape index (κ1) is 27.1. The van der Waals surface area contributed by atoms with Crippen LogP contribution in [0.4, 0.5) is 0 Å². The van der Waals surface area contributed by atoms with E-state index in [1.54, 1.807) is 0 Å². The Hall–Kier alpha value is 0.910. The van der Waals surface area contributed by atoms with Crippen molar-refractivity contribution in [1.82, 2.24) is 0 Å². The number of unbranched alkanes of at least 4 members (excludes halogenated alkanes) is 16. The number of hydrogen-bond donors (Lipinski definition) is 1. The summed E-state index contributed by atoms with van der Waals surface area (Å²) in [6.45, 7) is 2.27. The molecule has 0 aromatic rings. The molecule has 0 aliphatic heterocycles. The van der Waals surface area contributed by atoms with E-state index in [4.69, 9.17) is 4.55 Å². The van der Waals surface area contributed by atoms with E-state index >= 15 is 0 Å². The summed E-state index contributed by atoms with van der Waals surface area (Å²) in [5, 5.41) is 0. The molecule has 0 saturated heterocycles. The second-order valence-electron chi connectivity index (χ2n) is 6.94. The first-order valence-electron chi connectivity index (χ1n) is 10.0. The van der Waals surface area contributed by atoms with E-state index in [-0.39, 0.29) is 35.3 Å². The fourth-order valence-corrected chi connectivity index (χ4v) is 3.58. The van der Waals surface area contributed by atoms with Crippen LogP contribution in [-0.4, -0.2) is 48.3 Å². The van der Waals surface area contributed by atoms with Gasteiger partial charge in [0.1, 0.15) is 0 Å². The Morgan fingerprint density at radius 2 is 0.792 bits per heavy atom. The average molecular weight is 373 g/mol. The standard InChI is InChI=1S/C19H40O3S.Na.H/c1-2-3-4-5-6-7-8-9-10-11-12-13-14-15-16-17-18-19-23(20,21)22;;/h2-19H2,1H3,(H,20,21,22);;. The van der Waals surface area contributed by atoms with Gasteiger partial charge in [0.15, 0.2) is 0 Å². The fourth-order valence-electron chi connectivity index (χ4n) is 3.01. The van der Waals surface area contributed by atoms with Crippen LogP contribution in [0.5, 0.6) is 0 Å². The molecule has 1 N–H and O–H groups in total. The first-order valence-corrected chi connectivity index (χ1v) is 11.6. The van der Waals surface area contributed by atoms with Crippen LogP contribution in [0, 0.1) is 0 Å². The van der Waals surface area contributed by atoms with Gasteiger partial charge in [-0.1, -0.05) is 110 Å². The van der Waals surface area contributed by atoms with Crippen molar-refractivity contribution in [3.8, 4) is 0 Å². The topological polar surface area (TPSA) is 54.4 Å². The van der Waals surface area contributed by atoms with E-state index in [1.807, 2.05) is 0 Å². The van der Waals surface area contributed by atoms with Gasteiger partial charge >= 0.3 is 29.6 Å². The molecule has 0 aliphatic rings. The summed E-state index contributed by atoms with van der Waals surface area (Å²) in [7, 11) is -3.74. The third kappa shape index (κ3) is 25.2. The summed E-state index contributed by atoms with van der Waals surface area (Å²) in [4.78, 5) is 0. The van der Waals surface area contributed by atoms with Crippen molar-refractivity contribution in [2.75, 3.05) is 5.75 Å². The SMILES string of the molecule is CCCCCCCCCCCCCCCCCCCS(=O)(=O)O.[NaH]. The molecule has 0 fully saturated rings. The average Bonchev–Trinajstić information content (AvgIpc) is 2.49. The maximum atomic E-state index is 10.5. The molecule has 0 saturated carbocycles. The molecule has 0 rings (SSSR count). The Balaban J connectivity index is 0. The van der Waals surface area contributed by atoms with Crippen molar-refractivity contribution in [3.05, 3.63) is 0 Å². The van der Waals surface area contributed by atoms with E-state index in [1.165, 1.54) is 89.9 Å². The number of rotatable bonds is 18. The first-order chi connectivity index (χ1) is 11.1. The molecule has 0 spiro atoms. The summed E-state index contributed by atoms with van der Waals surface area (Å²) in [6.07, 6.45) is 21.8. The Labute approximate surface area is 173 Å². The van der Waals surface area contributed by atoms with Gasteiger partial charge in [-0.3, -0.25) is 4.55 Å². The van der Waals surface area contributed by atoms with Gasteiger partial charge in [-0.25, -0.2) is 0 Å².